The van der Waals surface area contributed by atoms with Gasteiger partial charge in [-0.15, -0.1) is 0 Å². The highest BCUT2D eigenvalue weighted by molar-refractivity contribution is 5.83. The molecule has 0 unspecified atom stereocenters. The summed E-state index contributed by atoms with van der Waals surface area (Å²) in [6, 6.07) is 15.8. The molecule has 0 radical (unpaired) electrons. The fourth-order valence-corrected chi connectivity index (χ4v) is 4.82. The van der Waals surface area contributed by atoms with Crippen LogP contribution < -0.4 is 11.2 Å². The molecule has 6 nitrogen and oxygen atoms in total. The summed E-state index contributed by atoms with van der Waals surface area (Å²) in [7, 11) is 0. The molecule has 1 fully saturated rings. The molecule has 0 amide bonds. The van der Waals surface area contributed by atoms with Gasteiger partial charge in [-0.2, -0.15) is 0 Å². The zero-order valence-corrected chi connectivity index (χ0v) is 16.9. The lowest BCUT2D eigenvalue weighted by Crippen LogP contribution is -2.35. The van der Waals surface area contributed by atoms with Gasteiger partial charge in [0, 0.05) is 23.6 Å². The van der Waals surface area contributed by atoms with E-state index in [1.807, 2.05) is 18.2 Å². The number of likely N-dealkylation sites (tertiary alicyclic amines) is 1. The average molecular weight is 402 g/mol. The van der Waals surface area contributed by atoms with Crippen molar-refractivity contribution in [3.8, 4) is 0 Å². The zero-order valence-electron chi connectivity index (χ0n) is 16.9. The zero-order chi connectivity index (χ0) is 20.5. The number of para-hydroxylation sites is 2. The van der Waals surface area contributed by atoms with Crippen molar-refractivity contribution in [2.24, 2.45) is 0 Å². The normalized spacial score (nSPS) is 15.9. The third-order valence-electron chi connectivity index (χ3n) is 6.41. The van der Waals surface area contributed by atoms with E-state index in [2.05, 4.69) is 45.3 Å². The monoisotopic (exact) mass is 402 g/mol. The number of H-pyrrole nitrogens is 2. The number of aromatic nitrogens is 3. The molecule has 30 heavy (non-hydrogen) atoms. The Bertz CT molecular complexity index is 1290. The Balaban J connectivity index is 1.21. The van der Waals surface area contributed by atoms with Gasteiger partial charge in [0.05, 0.1) is 10.9 Å². The largest absolute Gasteiger partial charge is 0.361 e. The van der Waals surface area contributed by atoms with Crippen LogP contribution in [0.3, 0.4) is 0 Å². The van der Waals surface area contributed by atoms with Crippen molar-refractivity contribution in [1.82, 2.24) is 19.4 Å². The molecule has 2 N–H and O–H groups in total. The maximum atomic E-state index is 12.3. The smallest absolute Gasteiger partial charge is 0.328 e. The summed E-state index contributed by atoms with van der Waals surface area (Å²) in [5, 5.41) is 1.91. The van der Waals surface area contributed by atoms with E-state index in [4.69, 9.17) is 0 Å². The van der Waals surface area contributed by atoms with Crippen LogP contribution in [0.5, 0.6) is 0 Å². The van der Waals surface area contributed by atoms with Crippen LogP contribution in [0, 0.1) is 0 Å². The number of piperidine rings is 1. The minimum absolute atomic E-state index is 0.314. The summed E-state index contributed by atoms with van der Waals surface area (Å²) in [5.41, 5.74) is 2.73. The van der Waals surface area contributed by atoms with Crippen LogP contribution >= 0.6 is 0 Å². The fraction of sp³-hybridized carbons (Fsp3) is 0.333. The van der Waals surface area contributed by atoms with Gasteiger partial charge in [-0.1, -0.05) is 30.3 Å². The molecule has 4 aromatic rings. The lowest BCUT2D eigenvalue weighted by Gasteiger charge is -2.32. The van der Waals surface area contributed by atoms with Gasteiger partial charge >= 0.3 is 5.69 Å². The Morgan fingerprint density at radius 3 is 2.47 bits per heavy atom. The lowest BCUT2D eigenvalue weighted by atomic mass is 9.89. The van der Waals surface area contributed by atoms with Crippen molar-refractivity contribution < 1.29 is 0 Å². The van der Waals surface area contributed by atoms with Crippen LogP contribution in [0.25, 0.3) is 21.8 Å². The number of hydrogen-bond acceptors (Lipinski definition) is 3. The summed E-state index contributed by atoms with van der Waals surface area (Å²) >= 11 is 0. The minimum Gasteiger partial charge on any atom is -0.361 e. The van der Waals surface area contributed by atoms with Gasteiger partial charge < -0.3 is 9.88 Å². The van der Waals surface area contributed by atoms with Gasteiger partial charge in [-0.05, 0) is 68.6 Å². The fourth-order valence-electron chi connectivity index (χ4n) is 4.82. The second kappa shape index (κ2) is 7.95. The molecule has 0 spiro atoms. The molecule has 0 saturated carbocycles. The van der Waals surface area contributed by atoms with Gasteiger partial charge in [0.1, 0.15) is 0 Å². The van der Waals surface area contributed by atoms with Gasteiger partial charge in [0.15, 0.2) is 0 Å². The van der Waals surface area contributed by atoms with E-state index in [9.17, 15) is 9.59 Å². The summed E-state index contributed by atoms with van der Waals surface area (Å²) in [4.78, 5) is 32.6. The van der Waals surface area contributed by atoms with Crippen LogP contribution in [-0.4, -0.2) is 39.1 Å². The van der Waals surface area contributed by atoms with E-state index in [0.29, 0.717) is 23.4 Å². The number of hydrogen-bond donors (Lipinski definition) is 2. The van der Waals surface area contributed by atoms with E-state index in [1.54, 1.807) is 10.6 Å². The average Bonchev–Trinajstić information content (AvgIpc) is 3.21. The molecule has 1 aliphatic heterocycles. The maximum Gasteiger partial charge on any atom is 0.328 e. The van der Waals surface area contributed by atoms with Gasteiger partial charge in [-0.3, -0.25) is 14.3 Å². The molecule has 2 aromatic carbocycles. The molecule has 0 bridgehead atoms. The van der Waals surface area contributed by atoms with Crippen molar-refractivity contribution in [1.29, 1.82) is 0 Å². The van der Waals surface area contributed by atoms with E-state index < -0.39 is 0 Å². The minimum atomic E-state index is -0.322. The highest BCUT2D eigenvalue weighted by Gasteiger charge is 2.22. The molecule has 1 aliphatic rings. The number of nitrogens with zero attached hydrogens (tertiary/aromatic N) is 2. The number of aryl methyl sites for hydroxylation is 1. The summed E-state index contributed by atoms with van der Waals surface area (Å²) in [5.74, 6) is 0.600. The van der Waals surface area contributed by atoms with E-state index in [-0.39, 0.29) is 11.2 Å². The molecule has 0 atom stereocenters. The molecular formula is C24H26N4O2. The highest BCUT2D eigenvalue weighted by atomic mass is 16.2. The third kappa shape index (κ3) is 3.48. The standard InChI is InChI=1S/C24H26N4O2/c29-23-19-7-2-4-9-22(19)28(24(30)26-23)13-5-12-27-14-10-17(11-15-27)20-16-25-21-8-3-1-6-18(20)21/h1-4,6-9,16-17,25H,5,10-15H2,(H,26,29,30). The van der Waals surface area contributed by atoms with Crippen LogP contribution in [0.2, 0.25) is 0 Å². The first kappa shape index (κ1) is 18.9. The van der Waals surface area contributed by atoms with Crippen LogP contribution in [-0.2, 0) is 6.54 Å². The number of benzene rings is 2. The molecule has 3 heterocycles. The number of aromatic amines is 2. The van der Waals surface area contributed by atoms with Gasteiger partial charge in [0.2, 0.25) is 0 Å². The van der Waals surface area contributed by atoms with Crippen molar-refractivity contribution in [3.05, 3.63) is 81.1 Å². The molecule has 6 heteroatoms. The topological polar surface area (TPSA) is 73.9 Å². The highest BCUT2D eigenvalue weighted by Crippen LogP contribution is 2.33. The van der Waals surface area contributed by atoms with Crippen molar-refractivity contribution >= 4 is 21.8 Å². The van der Waals surface area contributed by atoms with E-state index in [0.717, 1.165) is 38.9 Å². The van der Waals surface area contributed by atoms with Crippen molar-refractivity contribution in [3.63, 3.8) is 0 Å². The predicted molar refractivity (Wildman–Crippen MR) is 120 cm³/mol. The van der Waals surface area contributed by atoms with E-state index >= 15 is 0 Å². The number of fused-ring (bicyclic) bond motifs is 2. The first-order valence-corrected chi connectivity index (χ1v) is 10.7. The second-order valence-corrected chi connectivity index (χ2v) is 8.19. The maximum absolute atomic E-state index is 12.3. The Hall–Kier alpha value is -3.12. The molecule has 0 aliphatic carbocycles. The van der Waals surface area contributed by atoms with Crippen LogP contribution in [0.15, 0.2) is 64.3 Å². The predicted octanol–water partition coefficient (Wildman–Crippen LogP) is 3.44. The Labute approximate surface area is 174 Å². The summed E-state index contributed by atoms with van der Waals surface area (Å²) in [6.45, 7) is 3.72. The summed E-state index contributed by atoms with van der Waals surface area (Å²) < 4.78 is 1.69. The first-order chi connectivity index (χ1) is 14.7. The molecule has 5 rings (SSSR count). The molecule has 154 valence electrons. The summed E-state index contributed by atoms with van der Waals surface area (Å²) in [6.07, 6.45) is 5.37. The van der Waals surface area contributed by atoms with Crippen LogP contribution in [0.1, 0.15) is 30.7 Å². The Kier molecular flexibility index (Phi) is 5.01. The number of rotatable bonds is 5. The van der Waals surface area contributed by atoms with Gasteiger partial charge in [0.25, 0.3) is 5.56 Å². The Morgan fingerprint density at radius 2 is 1.63 bits per heavy atom. The lowest BCUT2D eigenvalue weighted by molar-refractivity contribution is 0.207. The van der Waals surface area contributed by atoms with Gasteiger partial charge in [-0.25, -0.2) is 4.79 Å². The van der Waals surface area contributed by atoms with Crippen LogP contribution in [0.4, 0.5) is 0 Å². The van der Waals surface area contributed by atoms with Crippen molar-refractivity contribution in [2.45, 2.75) is 31.7 Å². The molecule has 1 saturated heterocycles. The molecular weight excluding hydrogens is 376 g/mol. The number of nitrogens with one attached hydrogen (secondary N) is 2. The SMILES string of the molecule is O=c1[nH]c(=O)n(CCCN2CCC(c3c[nH]c4ccccc34)CC2)c2ccccc12. The molecule has 2 aromatic heterocycles. The second-order valence-electron chi connectivity index (χ2n) is 8.19. The quantitative estimate of drug-likeness (QED) is 0.537. The van der Waals surface area contributed by atoms with Crippen molar-refractivity contribution in [2.75, 3.05) is 19.6 Å². The van der Waals surface area contributed by atoms with E-state index in [1.165, 1.54) is 16.5 Å². The first-order valence-electron chi connectivity index (χ1n) is 10.7. The third-order valence-corrected chi connectivity index (χ3v) is 6.41. The Morgan fingerprint density at radius 1 is 0.900 bits per heavy atom.